The average molecular weight is 233 g/mol. The van der Waals surface area contributed by atoms with Crippen LogP contribution in [0.1, 0.15) is 12.5 Å². The molecule has 5 heteroatoms. The summed E-state index contributed by atoms with van der Waals surface area (Å²) in [5.41, 5.74) is 1.18. The van der Waals surface area contributed by atoms with Crippen molar-refractivity contribution in [3.8, 4) is 6.07 Å². The van der Waals surface area contributed by atoms with Crippen molar-refractivity contribution in [1.82, 2.24) is 4.90 Å². The molecule has 1 aromatic rings. The zero-order chi connectivity index (χ0) is 12.7. The standard InChI is InChI=1S/C12H15N3O2/c1-2-15(7-8-16)12(17)14-11-5-3-10(9-13)4-6-11/h3-6,16H,2,7-8H2,1H3,(H,14,17). The lowest BCUT2D eigenvalue weighted by atomic mass is 10.2. The van der Waals surface area contributed by atoms with Gasteiger partial charge in [-0.3, -0.25) is 0 Å². The molecule has 0 aliphatic carbocycles. The van der Waals surface area contributed by atoms with Crippen molar-refractivity contribution in [2.75, 3.05) is 25.0 Å². The average Bonchev–Trinajstić information content (AvgIpc) is 2.36. The number of carbonyl (C=O) groups is 1. The van der Waals surface area contributed by atoms with E-state index in [4.69, 9.17) is 10.4 Å². The van der Waals surface area contributed by atoms with Gasteiger partial charge in [0.15, 0.2) is 0 Å². The number of urea groups is 1. The van der Waals surface area contributed by atoms with Crippen molar-refractivity contribution in [2.24, 2.45) is 0 Å². The maximum absolute atomic E-state index is 11.7. The fourth-order valence-electron chi connectivity index (χ4n) is 1.35. The number of nitriles is 1. The molecule has 0 saturated heterocycles. The van der Waals surface area contributed by atoms with E-state index in [2.05, 4.69) is 5.32 Å². The van der Waals surface area contributed by atoms with E-state index in [-0.39, 0.29) is 12.6 Å². The number of nitrogens with one attached hydrogen (secondary N) is 1. The van der Waals surface area contributed by atoms with Gasteiger partial charge in [-0.25, -0.2) is 4.79 Å². The number of likely N-dealkylation sites (N-methyl/N-ethyl adjacent to an activating group) is 1. The van der Waals surface area contributed by atoms with Crippen LogP contribution in [0, 0.1) is 11.3 Å². The molecule has 0 bridgehead atoms. The summed E-state index contributed by atoms with van der Waals surface area (Å²) in [5, 5.41) is 20.1. The molecule has 0 radical (unpaired) electrons. The number of hydrogen-bond donors (Lipinski definition) is 2. The smallest absolute Gasteiger partial charge is 0.321 e. The molecule has 0 fully saturated rings. The second kappa shape index (κ2) is 6.51. The zero-order valence-electron chi connectivity index (χ0n) is 9.68. The van der Waals surface area contributed by atoms with Crippen LogP contribution in [-0.2, 0) is 0 Å². The number of amides is 2. The molecule has 0 saturated carbocycles. The number of aliphatic hydroxyl groups is 1. The van der Waals surface area contributed by atoms with Gasteiger partial charge in [-0.15, -0.1) is 0 Å². The summed E-state index contributed by atoms with van der Waals surface area (Å²) in [7, 11) is 0. The zero-order valence-corrected chi connectivity index (χ0v) is 9.68. The number of hydrogen-bond acceptors (Lipinski definition) is 3. The SMILES string of the molecule is CCN(CCO)C(=O)Nc1ccc(C#N)cc1. The number of benzene rings is 1. The van der Waals surface area contributed by atoms with E-state index in [1.807, 2.05) is 13.0 Å². The van der Waals surface area contributed by atoms with Crippen molar-refractivity contribution in [2.45, 2.75) is 6.92 Å². The number of aliphatic hydroxyl groups excluding tert-OH is 1. The maximum Gasteiger partial charge on any atom is 0.321 e. The summed E-state index contributed by atoms with van der Waals surface area (Å²) in [6, 6.07) is 8.36. The first-order chi connectivity index (χ1) is 8.21. The molecule has 0 unspecified atom stereocenters. The molecule has 5 nitrogen and oxygen atoms in total. The quantitative estimate of drug-likeness (QED) is 0.825. The first-order valence-corrected chi connectivity index (χ1v) is 5.38. The molecular formula is C12H15N3O2. The van der Waals surface area contributed by atoms with Gasteiger partial charge in [0.25, 0.3) is 0 Å². The fraction of sp³-hybridized carbons (Fsp3) is 0.333. The van der Waals surface area contributed by atoms with Gasteiger partial charge in [0.05, 0.1) is 18.2 Å². The Hall–Kier alpha value is -2.06. The minimum atomic E-state index is -0.258. The Kier molecular flexibility index (Phi) is 4.98. The topological polar surface area (TPSA) is 76.4 Å². The molecule has 17 heavy (non-hydrogen) atoms. The van der Waals surface area contributed by atoms with E-state index in [0.29, 0.717) is 24.3 Å². The van der Waals surface area contributed by atoms with Gasteiger partial charge in [-0.1, -0.05) is 0 Å². The predicted octanol–water partition coefficient (Wildman–Crippen LogP) is 1.40. The van der Waals surface area contributed by atoms with Crippen LogP contribution in [0.15, 0.2) is 24.3 Å². The van der Waals surface area contributed by atoms with Crippen LogP contribution in [0.3, 0.4) is 0 Å². The highest BCUT2D eigenvalue weighted by Crippen LogP contribution is 2.09. The van der Waals surface area contributed by atoms with Crippen molar-refractivity contribution in [3.63, 3.8) is 0 Å². The normalized spacial score (nSPS) is 9.47. The van der Waals surface area contributed by atoms with Gasteiger partial charge in [-0.2, -0.15) is 5.26 Å². The molecule has 0 spiro atoms. The largest absolute Gasteiger partial charge is 0.395 e. The summed E-state index contributed by atoms with van der Waals surface area (Å²) < 4.78 is 0. The first kappa shape index (κ1) is 13.0. The van der Waals surface area contributed by atoms with Crippen LogP contribution in [0.2, 0.25) is 0 Å². The Bertz CT molecular complexity index is 409. The Morgan fingerprint density at radius 3 is 2.59 bits per heavy atom. The molecule has 0 aromatic heterocycles. The lowest BCUT2D eigenvalue weighted by Crippen LogP contribution is -2.36. The van der Waals surface area contributed by atoms with Crippen LogP contribution in [0.4, 0.5) is 10.5 Å². The van der Waals surface area contributed by atoms with Gasteiger partial charge in [0, 0.05) is 18.8 Å². The third kappa shape index (κ3) is 3.78. The number of carbonyl (C=O) groups excluding carboxylic acids is 1. The van der Waals surface area contributed by atoms with Crippen LogP contribution < -0.4 is 5.32 Å². The van der Waals surface area contributed by atoms with E-state index in [0.717, 1.165) is 0 Å². The van der Waals surface area contributed by atoms with Crippen molar-refractivity contribution in [1.29, 1.82) is 5.26 Å². The van der Waals surface area contributed by atoms with E-state index in [1.165, 1.54) is 4.90 Å². The first-order valence-electron chi connectivity index (χ1n) is 5.38. The molecule has 2 amide bonds. The fourth-order valence-corrected chi connectivity index (χ4v) is 1.35. The number of rotatable bonds is 4. The third-order valence-corrected chi connectivity index (χ3v) is 2.30. The predicted molar refractivity (Wildman–Crippen MR) is 64.5 cm³/mol. The Balaban J connectivity index is 2.63. The third-order valence-electron chi connectivity index (χ3n) is 2.30. The molecule has 1 rings (SSSR count). The highest BCUT2D eigenvalue weighted by Gasteiger charge is 2.10. The Morgan fingerprint density at radius 1 is 1.47 bits per heavy atom. The summed E-state index contributed by atoms with van der Waals surface area (Å²) in [5.74, 6) is 0. The van der Waals surface area contributed by atoms with E-state index < -0.39 is 0 Å². The monoisotopic (exact) mass is 233 g/mol. The van der Waals surface area contributed by atoms with Gasteiger partial charge in [0.1, 0.15) is 0 Å². The minimum absolute atomic E-state index is 0.0609. The molecule has 1 aromatic carbocycles. The molecular weight excluding hydrogens is 218 g/mol. The number of anilines is 1. The molecule has 0 aliphatic heterocycles. The van der Waals surface area contributed by atoms with Gasteiger partial charge < -0.3 is 15.3 Å². The second-order valence-electron chi connectivity index (χ2n) is 3.42. The molecule has 90 valence electrons. The highest BCUT2D eigenvalue weighted by atomic mass is 16.3. The van der Waals surface area contributed by atoms with Gasteiger partial charge >= 0.3 is 6.03 Å². The van der Waals surface area contributed by atoms with Gasteiger partial charge in [-0.05, 0) is 31.2 Å². The maximum atomic E-state index is 11.7. The molecule has 0 aliphatic rings. The van der Waals surface area contributed by atoms with E-state index in [1.54, 1.807) is 24.3 Å². The summed E-state index contributed by atoms with van der Waals surface area (Å²) >= 11 is 0. The summed E-state index contributed by atoms with van der Waals surface area (Å²) in [6.45, 7) is 2.62. The molecule has 0 heterocycles. The van der Waals surface area contributed by atoms with Crippen molar-refractivity contribution < 1.29 is 9.90 Å². The van der Waals surface area contributed by atoms with Crippen LogP contribution in [-0.4, -0.2) is 35.7 Å². The van der Waals surface area contributed by atoms with Crippen LogP contribution in [0.5, 0.6) is 0 Å². The lowest BCUT2D eigenvalue weighted by molar-refractivity contribution is 0.192. The van der Waals surface area contributed by atoms with E-state index in [9.17, 15) is 4.79 Å². The molecule has 2 N–H and O–H groups in total. The Morgan fingerprint density at radius 2 is 2.12 bits per heavy atom. The summed E-state index contributed by atoms with van der Waals surface area (Å²) in [6.07, 6.45) is 0. The van der Waals surface area contributed by atoms with E-state index >= 15 is 0 Å². The Labute approximate surface area is 100 Å². The lowest BCUT2D eigenvalue weighted by Gasteiger charge is -2.20. The van der Waals surface area contributed by atoms with Crippen LogP contribution in [0.25, 0.3) is 0 Å². The molecule has 0 atom stereocenters. The van der Waals surface area contributed by atoms with Crippen molar-refractivity contribution in [3.05, 3.63) is 29.8 Å². The minimum Gasteiger partial charge on any atom is -0.395 e. The number of nitrogens with zero attached hydrogens (tertiary/aromatic N) is 2. The highest BCUT2D eigenvalue weighted by molar-refractivity contribution is 5.89. The van der Waals surface area contributed by atoms with Crippen LogP contribution >= 0.6 is 0 Å². The second-order valence-corrected chi connectivity index (χ2v) is 3.42. The summed E-state index contributed by atoms with van der Waals surface area (Å²) in [4.78, 5) is 13.2. The van der Waals surface area contributed by atoms with Crippen molar-refractivity contribution >= 4 is 11.7 Å². The van der Waals surface area contributed by atoms with Gasteiger partial charge in [0.2, 0.25) is 0 Å².